The zero-order valence-corrected chi connectivity index (χ0v) is 24.6. The van der Waals surface area contributed by atoms with Gasteiger partial charge in [0.2, 0.25) is 0 Å². The minimum Gasteiger partial charge on any atom is -0.394 e. The van der Waals surface area contributed by atoms with E-state index in [0.717, 1.165) is 15.2 Å². The highest BCUT2D eigenvalue weighted by molar-refractivity contribution is 9.10. The lowest BCUT2D eigenvalue weighted by Crippen LogP contribution is -2.53. The first-order chi connectivity index (χ1) is 19.6. The van der Waals surface area contributed by atoms with Gasteiger partial charge in [-0.15, -0.1) is 11.3 Å². The van der Waals surface area contributed by atoms with E-state index >= 15 is 0 Å². The van der Waals surface area contributed by atoms with E-state index in [2.05, 4.69) is 36.1 Å². The van der Waals surface area contributed by atoms with Gasteiger partial charge in [-0.05, 0) is 54.0 Å². The Bertz CT molecular complexity index is 1780. The number of aliphatic hydroxyl groups is 3. The summed E-state index contributed by atoms with van der Waals surface area (Å²) < 4.78 is 39.1. The van der Waals surface area contributed by atoms with Gasteiger partial charge >= 0.3 is 0 Å². The van der Waals surface area contributed by atoms with E-state index in [-0.39, 0.29) is 22.0 Å². The number of halogens is 4. The SMILES string of the molecule is Cc1nc([C@@H]2O[C@H](CO)[C@H](O)[C@H](n3cc(-c4ccc(Cl)c(F)c4F)cn3)[C@H]2O)n(-c2cc3sc(C)nc3cc2Br)n1. The zero-order valence-electron chi connectivity index (χ0n) is 21.4. The average molecular weight is 668 g/mol. The monoisotopic (exact) mass is 666 g/mol. The number of aliphatic hydroxyl groups excluding tert-OH is 3. The van der Waals surface area contributed by atoms with E-state index < -0.39 is 48.7 Å². The van der Waals surface area contributed by atoms with Gasteiger partial charge in [0.25, 0.3) is 0 Å². The maximum Gasteiger partial charge on any atom is 0.178 e. The summed E-state index contributed by atoms with van der Waals surface area (Å²) in [5.41, 5.74) is 1.53. The molecule has 2 aromatic carbocycles. The molecule has 0 aliphatic carbocycles. The predicted molar refractivity (Wildman–Crippen MR) is 150 cm³/mol. The van der Waals surface area contributed by atoms with Crippen LogP contribution in [0.1, 0.15) is 28.8 Å². The molecule has 10 nitrogen and oxygen atoms in total. The minimum absolute atomic E-state index is 0.0987. The molecule has 4 heterocycles. The molecule has 5 atom stereocenters. The van der Waals surface area contributed by atoms with Crippen molar-refractivity contribution in [2.24, 2.45) is 0 Å². The second kappa shape index (κ2) is 10.8. The van der Waals surface area contributed by atoms with Crippen LogP contribution in [0.2, 0.25) is 5.02 Å². The van der Waals surface area contributed by atoms with Gasteiger partial charge in [0, 0.05) is 21.8 Å². The fraction of sp³-hybridized carbons (Fsp3) is 0.308. The largest absolute Gasteiger partial charge is 0.394 e. The number of rotatable bonds is 5. The molecule has 214 valence electrons. The van der Waals surface area contributed by atoms with Gasteiger partial charge in [0.1, 0.15) is 36.3 Å². The Morgan fingerprint density at radius 3 is 2.66 bits per heavy atom. The normalized spacial score (nSPS) is 23.0. The summed E-state index contributed by atoms with van der Waals surface area (Å²) in [6, 6.07) is 5.14. The van der Waals surface area contributed by atoms with Crippen LogP contribution < -0.4 is 0 Å². The summed E-state index contributed by atoms with van der Waals surface area (Å²) in [5.74, 6) is -1.73. The highest BCUT2D eigenvalue weighted by Gasteiger charge is 2.48. The predicted octanol–water partition coefficient (Wildman–Crippen LogP) is 4.45. The third-order valence-electron chi connectivity index (χ3n) is 6.93. The topological polar surface area (TPSA) is 131 Å². The van der Waals surface area contributed by atoms with Crippen LogP contribution in [0, 0.1) is 25.5 Å². The average Bonchev–Trinajstić information content (AvgIpc) is 3.65. The molecular formula is C26H22BrClF2N6O4S. The molecule has 0 spiro atoms. The van der Waals surface area contributed by atoms with Gasteiger partial charge in [0.05, 0.1) is 38.7 Å². The van der Waals surface area contributed by atoms with E-state index in [1.165, 1.54) is 45.2 Å². The van der Waals surface area contributed by atoms with E-state index in [4.69, 9.17) is 16.3 Å². The highest BCUT2D eigenvalue weighted by Crippen LogP contribution is 2.40. The number of ether oxygens (including phenoxy) is 1. The Kier molecular flexibility index (Phi) is 7.43. The Morgan fingerprint density at radius 2 is 1.90 bits per heavy atom. The van der Waals surface area contributed by atoms with Crippen molar-refractivity contribution in [3.05, 3.63) is 74.4 Å². The number of nitrogens with zero attached hydrogens (tertiary/aromatic N) is 6. The van der Waals surface area contributed by atoms with Crippen molar-refractivity contribution in [3.8, 4) is 16.8 Å². The van der Waals surface area contributed by atoms with Crippen LogP contribution >= 0.6 is 38.9 Å². The molecule has 3 aromatic heterocycles. The molecule has 1 saturated heterocycles. The molecule has 0 bridgehead atoms. The number of aromatic nitrogens is 6. The van der Waals surface area contributed by atoms with Crippen LogP contribution in [0.15, 0.2) is 41.1 Å². The Balaban J connectivity index is 1.41. The lowest BCUT2D eigenvalue weighted by Gasteiger charge is -2.41. The van der Waals surface area contributed by atoms with Crippen LogP contribution in [-0.4, -0.2) is 69.8 Å². The maximum absolute atomic E-state index is 14.6. The van der Waals surface area contributed by atoms with Gasteiger partial charge in [-0.3, -0.25) is 4.68 Å². The standard InChI is InChI=1S/C26H22BrClF2N6O4S/c1-10-32-26(36(34-10)17-6-19-16(5-14(17)27)33-11(2)41-19)25-24(39)22(23(38)18(9-37)40-25)35-8-12(7-31-35)13-3-4-15(28)21(30)20(13)29/h3-8,18,22-25,37-39H,9H2,1-2H3/t18-,22+,23+,24-,25-/m1/s1. The quantitative estimate of drug-likeness (QED) is 0.235. The van der Waals surface area contributed by atoms with Crippen LogP contribution in [0.25, 0.3) is 27.0 Å². The lowest BCUT2D eigenvalue weighted by molar-refractivity contribution is -0.210. The van der Waals surface area contributed by atoms with Crippen molar-refractivity contribution < 1.29 is 28.8 Å². The smallest absolute Gasteiger partial charge is 0.178 e. The maximum atomic E-state index is 14.6. The molecular weight excluding hydrogens is 646 g/mol. The Labute approximate surface area is 248 Å². The number of benzene rings is 2. The van der Waals surface area contributed by atoms with Gasteiger partial charge < -0.3 is 20.1 Å². The van der Waals surface area contributed by atoms with Crippen LogP contribution in [-0.2, 0) is 4.74 Å². The molecule has 0 radical (unpaired) electrons. The van der Waals surface area contributed by atoms with Crippen molar-refractivity contribution in [1.29, 1.82) is 0 Å². The van der Waals surface area contributed by atoms with Crippen molar-refractivity contribution >= 4 is 49.1 Å². The fourth-order valence-electron chi connectivity index (χ4n) is 5.02. The number of aryl methyl sites for hydroxylation is 2. The lowest BCUT2D eigenvalue weighted by atomic mass is 9.92. The second-order valence-electron chi connectivity index (χ2n) is 9.61. The van der Waals surface area contributed by atoms with Gasteiger partial charge in [-0.1, -0.05) is 11.6 Å². The number of hydrogen-bond acceptors (Lipinski definition) is 9. The third-order valence-corrected chi connectivity index (χ3v) is 8.79. The molecule has 0 amide bonds. The zero-order chi connectivity index (χ0) is 29.2. The second-order valence-corrected chi connectivity index (χ2v) is 12.1. The van der Waals surface area contributed by atoms with E-state index in [0.29, 0.717) is 16.0 Å². The number of fused-ring (bicyclic) bond motifs is 1. The first-order valence-electron chi connectivity index (χ1n) is 12.4. The van der Waals surface area contributed by atoms with Gasteiger partial charge in [-0.2, -0.15) is 10.2 Å². The van der Waals surface area contributed by atoms with Crippen LogP contribution in [0.4, 0.5) is 8.78 Å². The van der Waals surface area contributed by atoms with Gasteiger partial charge in [-0.25, -0.2) is 23.4 Å². The molecule has 1 fully saturated rings. The van der Waals surface area contributed by atoms with Crippen molar-refractivity contribution in [2.75, 3.05) is 6.61 Å². The van der Waals surface area contributed by atoms with Gasteiger partial charge in [0.15, 0.2) is 17.5 Å². The number of thiazole rings is 1. The molecule has 15 heteroatoms. The van der Waals surface area contributed by atoms with Crippen molar-refractivity contribution in [3.63, 3.8) is 0 Å². The summed E-state index contributed by atoms with van der Waals surface area (Å²) >= 11 is 10.8. The highest BCUT2D eigenvalue weighted by atomic mass is 79.9. The summed E-state index contributed by atoms with van der Waals surface area (Å²) in [4.78, 5) is 9.04. The summed E-state index contributed by atoms with van der Waals surface area (Å²) in [7, 11) is 0. The first-order valence-corrected chi connectivity index (χ1v) is 14.4. The summed E-state index contributed by atoms with van der Waals surface area (Å²) in [6.07, 6.45) is -2.50. The summed E-state index contributed by atoms with van der Waals surface area (Å²) in [5, 5.41) is 42.0. The van der Waals surface area contributed by atoms with Crippen LogP contribution in [0.5, 0.6) is 0 Å². The molecule has 0 unspecified atom stereocenters. The van der Waals surface area contributed by atoms with Crippen molar-refractivity contribution in [2.45, 2.75) is 44.3 Å². The molecule has 41 heavy (non-hydrogen) atoms. The molecule has 0 saturated carbocycles. The molecule has 3 N–H and O–H groups in total. The fourth-order valence-corrected chi connectivity index (χ4v) is 6.51. The first kappa shape index (κ1) is 28.3. The van der Waals surface area contributed by atoms with E-state index in [1.54, 1.807) is 6.92 Å². The molecule has 6 rings (SSSR count). The third kappa shape index (κ3) is 4.86. The molecule has 1 aliphatic rings. The Hall–Kier alpha value is -2.85. The summed E-state index contributed by atoms with van der Waals surface area (Å²) in [6.45, 7) is 3.03. The Morgan fingerprint density at radius 1 is 1.12 bits per heavy atom. The van der Waals surface area contributed by atoms with E-state index in [1.807, 2.05) is 19.1 Å². The molecule has 5 aromatic rings. The van der Waals surface area contributed by atoms with Crippen LogP contribution in [0.3, 0.4) is 0 Å². The minimum atomic E-state index is -1.44. The molecule has 1 aliphatic heterocycles. The number of hydrogen-bond donors (Lipinski definition) is 3. The van der Waals surface area contributed by atoms with E-state index in [9.17, 15) is 24.1 Å². The van der Waals surface area contributed by atoms with Crippen molar-refractivity contribution in [1.82, 2.24) is 29.5 Å².